The van der Waals surface area contributed by atoms with Crippen molar-refractivity contribution < 1.29 is 57.2 Å². The maximum Gasteiger partial charge on any atom is 0.330 e. The van der Waals surface area contributed by atoms with Gasteiger partial charge in [-0.3, -0.25) is 14.4 Å². The summed E-state index contributed by atoms with van der Waals surface area (Å²) in [4.78, 5) is 70.2. The Morgan fingerprint density at radius 1 is 0.434 bits per heavy atom. The highest BCUT2D eigenvalue weighted by molar-refractivity contribution is 5.83. The van der Waals surface area contributed by atoms with E-state index >= 15 is 0 Å². The molecule has 0 saturated carbocycles. The summed E-state index contributed by atoms with van der Waals surface area (Å²) in [5.41, 5.74) is 0. The molecule has 12 nitrogen and oxygen atoms in total. The molecule has 53 heavy (non-hydrogen) atoms. The van der Waals surface area contributed by atoms with Crippen LogP contribution in [0, 0.1) is 0 Å². The lowest BCUT2D eigenvalue weighted by Crippen LogP contribution is -2.30. The maximum atomic E-state index is 12.5. The Morgan fingerprint density at radius 2 is 0.774 bits per heavy atom. The molecule has 0 heterocycles. The van der Waals surface area contributed by atoms with Gasteiger partial charge in [-0.1, -0.05) is 89.9 Å². The van der Waals surface area contributed by atoms with E-state index in [4.69, 9.17) is 28.4 Å². The zero-order valence-electron chi connectivity index (χ0n) is 32.6. The number of unbranched alkanes of at least 4 members (excludes halogenated alkanes) is 15. The van der Waals surface area contributed by atoms with E-state index in [1.807, 2.05) is 0 Å². The largest absolute Gasteiger partial charge is 0.466 e. The zero-order valence-corrected chi connectivity index (χ0v) is 32.6. The summed E-state index contributed by atoms with van der Waals surface area (Å²) >= 11 is 0. The first-order valence-corrected chi connectivity index (χ1v) is 19.7. The lowest BCUT2D eigenvalue weighted by atomic mass is 10.1. The van der Waals surface area contributed by atoms with Crippen LogP contribution in [0.4, 0.5) is 0 Å². The van der Waals surface area contributed by atoms with E-state index in [9.17, 15) is 28.8 Å². The third-order valence-electron chi connectivity index (χ3n) is 7.82. The van der Waals surface area contributed by atoms with E-state index in [2.05, 4.69) is 0 Å². The lowest BCUT2D eigenvalue weighted by Gasteiger charge is -2.16. The van der Waals surface area contributed by atoms with Crippen LogP contribution in [0.5, 0.6) is 0 Å². The average molecular weight is 751 g/mol. The molecule has 0 rings (SSSR count). The van der Waals surface area contributed by atoms with Crippen molar-refractivity contribution in [3.8, 4) is 0 Å². The normalized spacial score (nSPS) is 11.3. The van der Waals surface area contributed by atoms with Gasteiger partial charge in [0.05, 0.1) is 19.8 Å². The van der Waals surface area contributed by atoms with Crippen molar-refractivity contribution >= 4 is 35.8 Å². The molecule has 0 amide bonds. The van der Waals surface area contributed by atoms with Gasteiger partial charge in [0, 0.05) is 38.0 Å². The van der Waals surface area contributed by atoms with E-state index in [0.717, 1.165) is 96.3 Å². The van der Waals surface area contributed by atoms with E-state index < -0.39 is 24.0 Å². The molecule has 12 heteroatoms. The van der Waals surface area contributed by atoms with Crippen LogP contribution in [-0.4, -0.2) is 75.0 Å². The van der Waals surface area contributed by atoms with Crippen molar-refractivity contribution in [1.82, 2.24) is 0 Å². The number of rotatable bonds is 34. The molecule has 0 aliphatic heterocycles. The van der Waals surface area contributed by atoms with E-state index in [-0.39, 0.29) is 31.1 Å². The average Bonchev–Trinajstić information content (AvgIpc) is 3.14. The Kier molecular flexibility index (Phi) is 33.7. The first-order chi connectivity index (χ1) is 25.7. The van der Waals surface area contributed by atoms with Crippen LogP contribution in [-0.2, 0) is 57.2 Å². The highest BCUT2D eigenvalue weighted by atomic mass is 16.6. The zero-order chi connectivity index (χ0) is 39.2. The molecular formula is C41H66O12. The van der Waals surface area contributed by atoms with Gasteiger partial charge in [-0.05, 0) is 57.8 Å². The number of hydrogen-bond acceptors (Lipinski definition) is 12. The smallest absolute Gasteiger partial charge is 0.330 e. The monoisotopic (exact) mass is 750 g/mol. The Balaban J connectivity index is 4.59. The van der Waals surface area contributed by atoms with E-state index in [1.54, 1.807) is 32.1 Å². The van der Waals surface area contributed by atoms with Crippen molar-refractivity contribution in [2.45, 2.75) is 155 Å². The van der Waals surface area contributed by atoms with Gasteiger partial charge in [-0.15, -0.1) is 0 Å². The van der Waals surface area contributed by atoms with Gasteiger partial charge in [-0.2, -0.15) is 0 Å². The van der Waals surface area contributed by atoms with Crippen molar-refractivity contribution in [3.05, 3.63) is 36.5 Å². The SMILES string of the molecule is CCC(=O)OCCCCCCC/C=C/C(=O)OCC(COC(=O)/C=C/CCCCCCCOC(=O)CC)OC(=O)/C=C/CCCCCCCOC(C)=O. The summed E-state index contributed by atoms with van der Waals surface area (Å²) in [7, 11) is 0. The fourth-order valence-corrected chi connectivity index (χ4v) is 4.78. The second-order valence-electron chi connectivity index (χ2n) is 12.7. The van der Waals surface area contributed by atoms with Crippen LogP contribution in [0.1, 0.15) is 149 Å². The molecule has 0 aromatic heterocycles. The molecular weight excluding hydrogens is 684 g/mol. The summed E-state index contributed by atoms with van der Waals surface area (Å²) in [5.74, 6) is -2.42. The van der Waals surface area contributed by atoms with Gasteiger partial charge in [0.15, 0.2) is 6.10 Å². The molecule has 0 atom stereocenters. The van der Waals surface area contributed by atoms with Crippen molar-refractivity contribution in [2.24, 2.45) is 0 Å². The fourth-order valence-electron chi connectivity index (χ4n) is 4.78. The molecule has 0 fully saturated rings. The summed E-state index contributed by atoms with van der Waals surface area (Å²) in [5, 5.41) is 0. The topological polar surface area (TPSA) is 158 Å². The summed E-state index contributed by atoms with van der Waals surface area (Å²) < 4.78 is 31.1. The van der Waals surface area contributed by atoms with Crippen molar-refractivity contribution in [1.29, 1.82) is 0 Å². The third-order valence-corrected chi connectivity index (χ3v) is 7.82. The fraction of sp³-hybridized carbons (Fsp3) is 0.707. The predicted octanol–water partition coefficient (Wildman–Crippen LogP) is 8.14. The molecule has 302 valence electrons. The van der Waals surface area contributed by atoms with Gasteiger partial charge >= 0.3 is 35.8 Å². The number of carbonyl (C=O) groups excluding carboxylic acids is 6. The van der Waals surface area contributed by atoms with Gasteiger partial charge in [0.1, 0.15) is 13.2 Å². The number of hydrogen-bond donors (Lipinski definition) is 0. The minimum atomic E-state index is -0.979. The Morgan fingerprint density at radius 3 is 1.15 bits per heavy atom. The minimum Gasteiger partial charge on any atom is -0.466 e. The standard InChI is InChI=1S/C41H66O12/c1-4-37(43)49-31-25-19-13-6-9-15-21-27-39(45)51-33-36(53-41(47)29-23-17-11-8-12-18-24-30-48-35(3)42)34-52-40(46)28-22-16-10-7-14-20-26-32-50-38(44)5-2/h21-23,27-29,36H,4-20,24-26,30-34H2,1-3H3/b27-21+,28-22+,29-23+. The first kappa shape index (κ1) is 49.0. The lowest BCUT2D eigenvalue weighted by molar-refractivity contribution is -0.160. The highest BCUT2D eigenvalue weighted by Gasteiger charge is 2.17. The highest BCUT2D eigenvalue weighted by Crippen LogP contribution is 2.09. The third kappa shape index (κ3) is 36.2. The second-order valence-corrected chi connectivity index (χ2v) is 12.7. The molecule has 0 unspecified atom stereocenters. The molecule has 0 saturated heterocycles. The van der Waals surface area contributed by atoms with Crippen molar-refractivity contribution in [2.75, 3.05) is 33.0 Å². The van der Waals surface area contributed by atoms with Gasteiger partial charge in [0.2, 0.25) is 0 Å². The Bertz CT molecular complexity index is 1040. The van der Waals surface area contributed by atoms with Crippen molar-refractivity contribution in [3.63, 3.8) is 0 Å². The molecule has 0 aliphatic carbocycles. The summed E-state index contributed by atoms with van der Waals surface area (Å²) in [6.45, 7) is 5.73. The molecule has 0 N–H and O–H groups in total. The summed E-state index contributed by atoms with van der Waals surface area (Å²) in [6, 6.07) is 0. The van der Waals surface area contributed by atoms with Crippen LogP contribution >= 0.6 is 0 Å². The summed E-state index contributed by atoms with van der Waals surface area (Å²) in [6.07, 6.45) is 25.2. The number of carbonyl (C=O) groups is 6. The Hall–Kier alpha value is -3.96. The first-order valence-electron chi connectivity index (χ1n) is 19.7. The Labute approximate surface area is 317 Å². The number of allylic oxidation sites excluding steroid dienone is 3. The molecule has 0 bridgehead atoms. The van der Waals surface area contributed by atoms with Crippen LogP contribution < -0.4 is 0 Å². The number of ether oxygens (including phenoxy) is 6. The second kappa shape index (κ2) is 36.4. The van der Waals surface area contributed by atoms with Crippen LogP contribution in [0.25, 0.3) is 0 Å². The minimum absolute atomic E-state index is 0.179. The quantitative estimate of drug-likeness (QED) is 0.0269. The molecule has 0 spiro atoms. The number of esters is 6. The molecule has 0 aromatic rings. The van der Waals surface area contributed by atoms with E-state index in [1.165, 1.54) is 25.2 Å². The molecule has 0 aliphatic rings. The van der Waals surface area contributed by atoms with E-state index in [0.29, 0.717) is 51.9 Å². The van der Waals surface area contributed by atoms with Gasteiger partial charge in [-0.25, -0.2) is 14.4 Å². The van der Waals surface area contributed by atoms with Crippen LogP contribution in [0.2, 0.25) is 0 Å². The predicted molar refractivity (Wildman–Crippen MR) is 201 cm³/mol. The molecule has 0 radical (unpaired) electrons. The van der Waals surface area contributed by atoms with Crippen LogP contribution in [0.15, 0.2) is 36.5 Å². The van der Waals surface area contributed by atoms with Gasteiger partial charge < -0.3 is 28.4 Å². The molecule has 0 aromatic carbocycles. The maximum absolute atomic E-state index is 12.5. The van der Waals surface area contributed by atoms with Crippen LogP contribution in [0.3, 0.4) is 0 Å². The van der Waals surface area contributed by atoms with Gasteiger partial charge in [0.25, 0.3) is 0 Å².